The highest BCUT2D eigenvalue weighted by Gasteiger charge is 2.11. The number of nitro benzene ring substituents is 1. The molecule has 0 spiro atoms. The molecule has 3 aromatic rings. The Bertz CT molecular complexity index is 1130. The predicted octanol–water partition coefficient (Wildman–Crippen LogP) is 6.23. The van der Waals surface area contributed by atoms with Crippen molar-refractivity contribution >= 4 is 65.6 Å². The van der Waals surface area contributed by atoms with Crippen LogP contribution in [0.2, 0.25) is 0 Å². The Morgan fingerprint density at radius 3 is 2.29 bits per heavy atom. The van der Waals surface area contributed by atoms with Crippen LogP contribution in [0.5, 0.6) is 5.75 Å². The number of carbonyl (C=O) groups is 1. The number of rotatable bonds is 7. The third-order valence-electron chi connectivity index (χ3n) is 4.05. The second-order valence-electron chi connectivity index (χ2n) is 6.20. The Balaban J connectivity index is 1.64. The fourth-order valence-electron chi connectivity index (χ4n) is 2.53. The molecule has 0 aliphatic carbocycles. The van der Waals surface area contributed by atoms with Crippen LogP contribution < -0.4 is 10.2 Å². The molecule has 0 bridgehead atoms. The van der Waals surface area contributed by atoms with Crippen molar-refractivity contribution in [3.8, 4) is 5.75 Å². The zero-order valence-electron chi connectivity index (χ0n) is 15.7. The standard InChI is InChI=1S/C21H14Br3N3O4/c22-17-4-2-1-3-16(17)21(28)26-25-11-14-9-18(23)20(19(24)10-14)31-12-13-5-7-15(8-6-13)27(29)30/h1-11H,12H2,(H,26,28)/b25-11+. The van der Waals surface area contributed by atoms with Crippen LogP contribution in [0.1, 0.15) is 21.5 Å². The first-order chi connectivity index (χ1) is 14.8. The van der Waals surface area contributed by atoms with Gasteiger partial charge in [-0.25, -0.2) is 5.43 Å². The summed E-state index contributed by atoms with van der Waals surface area (Å²) in [6.07, 6.45) is 1.52. The van der Waals surface area contributed by atoms with E-state index in [1.807, 2.05) is 6.07 Å². The Morgan fingerprint density at radius 2 is 1.68 bits per heavy atom. The molecule has 1 amide bonds. The highest BCUT2D eigenvalue weighted by molar-refractivity contribution is 9.11. The van der Waals surface area contributed by atoms with Gasteiger partial charge in [0.25, 0.3) is 11.6 Å². The van der Waals surface area contributed by atoms with Gasteiger partial charge in [-0.05, 0) is 95.3 Å². The molecule has 0 radical (unpaired) electrons. The minimum Gasteiger partial charge on any atom is -0.487 e. The van der Waals surface area contributed by atoms with E-state index in [9.17, 15) is 14.9 Å². The lowest BCUT2D eigenvalue weighted by Gasteiger charge is -2.11. The molecule has 0 saturated carbocycles. The third kappa shape index (κ3) is 6.22. The van der Waals surface area contributed by atoms with Gasteiger partial charge in [-0.2, -0.15) is 5.10 Å². The average Bonchev–Trinajstić information content (AvgIpc) is 2.73. The number of benzene rings is 3. The van der Waals surface area contributed by atoms with E-state index in [0.29, 0.717) is 24.7 Å². The van der Waals surface area contributed by atoms with Crippen molar-refractivity contribution in [2.24, 2.45) is 5.10 Å². The van der Waals surface area contributed by atoms with Crippen LogP contribution in [0.4, 0.5) is 5.69 Å². The van der Waals surface area contributed by atoms with Crippen molar-refractivity contribution in [1.29, 1.82) is 0 Å². The number of carbonyl (C=O) groups excluding carboxylic acids is 1. The number of nitro groups is 1. The van der Waals surface area contributed by atoms with E-state index in [1.54, 1.807) is 42.5 Å². The fourth-order valence-corrected chi connectivity index (χ4v) is 4.45. The molecule has 3 aromatic carbocycles. The molecule has 31 heavy (non-hydrogen) atoms. The molecule has 1 N–H and O–H groups in total. The zero-order chi connectivity index (χ0) is 22.4. The maximum atomic E-state index is 12.2. The maximum absolute atomic E-state index is 12.2. The molecular formula is C21H14Br3N3O4. The van der Waals surface area contributed by atoms with Crippen molar-refractivity contribution in [2.75, 3.05) is 0 Å². The number of hydrazone groups is 1. The van der Waals surface area contributed by atoms with Crippen molar-refractivity contribution in [1.82, 2.24) is 5.43 Å². The van der Waals surface area contributed by atoms with Crippen LogP contribution in [-0.4, -0.2) is 17.0 Å². The smallest absolute Gasteiger partial charge is 0.272 e. The van der Waals surface area contributed by atoms with Gasteiger partial charge in [0.1, 0.15) is 12.4 Å². The molecule has 0 atom stereocenters. The fraction of sp³-hybridized carbons (Fsp3) is 0.0476. The quantitative estimate of drug-likeness (QED) is 0.195. The summed E-state index contributed by atoms with van der Waals surface area (Å²) in [5.74, 6) is 0.248. The number of hydrogen-bond acceptors (Lipinski definition) is 5. The Kier molecular flexibility index (Phi) is 7.94. The molecule has 0 heterocycles. The van der Waals surface area contributed by atoms with E-state index >= 15 is 0 Å². The third-order valence-corrected chi connectivity index (χ3v) is 5.92. The van der Waals surface area contributed by atoms with Crippen molar-refractivity contribution in [2.45, 2.75) is 6.61 Å². The number of nitrogens with zero attached hydrogens (tertiary/aromatic N) is 2. The second-order valence-corrected chi connectivity index (χ2v) is 8.77. The summed E-state index contributed by atoms with van der Waals surface area (Å²) in [5.41, 5.74) is 4.53. The van der Waals surface area contributed by atoms with Gasteiger partial charge in [-0.15, -0.1) is 0 Å². The number of nitrogens with one attached hydrogen (secondary N) is 1. The molecule has 0 aliphatic rings. The van der Waals surface area contributed by atoms with Gasteiger partial charge in [0, 0.05) is 16.6 Å². The van der Waals surface area contributed by atoms with Gasteiger partial charge in [0.15, 0.2) is 0 Å². The molecule has 0 saturated heterocycles. The first kappa shape index (κ1) is 23.1. The van der Waals surface area contributed by atoms with E-state index in [0.717, 1.165) is 11.1 Å². The lowest BCUT2D eigenvalue weighted by molar-refractivity contribution is -0.384. The van der Waals surface area contributed by atoms with Crippen molar-refractivity contribution < 1.29 is 14.5 Å². The summed E-state index contributed by atoms with van der Waals surface area (Å²) in [4.78, 5) is 22.5. The van der Waals surface area contributed by atoms with Crippen LogP contribution in [0, 0.1) is 10.1 Å². The van der Waals surface area contributed by atoms with Crippen LogP contribution in [0.15, 0.2) is 79.2 Å². The highest BCUT2D eigenvalue weighted by atomic mass is 79.9. The molecule has 0 aliphatic heterocycles. The van der Waals surface area contributed by atoms with E-state index in [-0.39, 0.29) is 18.2 Å². The molecule has 0 aromatic heterocycles. The lowest BCUT2D eigenvalue weighted by atomic mass is 10.2. The summed E-state index contributed by atoms with van der Waals surface area (Å²) >= 11 is 10.3. The maximum Gasteiger partial charge on any atom is 0.272 e. The molecule has 10 heteroatoms. The second kappa shape index (κ2) is 10.7. The summed E-state index contributed by atoms with van der Waals surface area (Å²) in [6.45, 7) is 0.241. The number of ether oxygens (including phenoxy) is 1. The Labute approximate surface area is 203 Å². The number of hydrogen-bond donors (Lipinski definition) is 1. The zero-order valence-corrected chi connectivity index (χ0v) is 20.5. The molecule has 158 valence electrons. The Hall–Kier alpha value is -2.56. The molecular weight excluding hydrogens is 598 g/mol. The minimum absolute atomic E-state index is 0.0291. The van der Waals surface area contributed by atoms with Gasteiger partial charge in [-0.1, -0.05) is 12.1 Å². The molecule has 0 unspecified atom stereocenters. The van der Waals surface area contributed by atoms with Gasteiger partial charge < -0.3 is 4.74 Å². The Morgan fingerprint density at radius 1 is 1.03 bits per heavy atom. The first-order valence-electron chi connectivity index (χ1n) is 8.78. The van der Waals surface area contributed by atoms with E-state index in [4.69, 9.17) is 4.74 Å². The van der Waals surface area contributed by atoms with Crippen molar-refractivity contribution in [3.63, 3.8) is 0 Å². The summed E-state index contributed by atoms with van der Waals surface area (Å²) in [5, 5.41) is 14.7. The van der Waals surface area contributed by atoms with Crippen LogP contribution in [0.3, 0.4) is 0 Å². The normalized spacial score (nSPS) is 10.8. The number of halogens is 3. The van der Waals surface area contributed by atoms with Crippen molar-refractivity contribution in [3.05, 3.63) is 101 Å². The molecule has 3 rings (SSSR count). The average molecular weight is 612 g/mol. The number of non-ortho nitro benzene ring substituents is 1. The van der Waals surface area contributed by atoms with Gasteiger partial charge in [-0.3, -0.25) is 14.9 Å². The van der Waals surface area contributed by atoms with E-state index < -0.39 is 4.92 Å². The summed E-state index contributed by atoms with van der Waals surface area (Å²) in [7, 11) is 0. The number of amides is 1. The summed E-state index contributed by atoms with van der Waals surface area (Å²) < 4.78 is 7.89. The monoisotopic (exact) mass is 609 g/mol. The van der Waals surface area contributed by atoms with Gasteiger partial charge in [0.05, 0.1) is 25.6 Å². The summed E-state index contributed by atoms with van der Waals surface area (Å²) in [6, 6.07) is 16.8. The largest absolute Gasteiger partial charge is 0.487 e. The topological polar surface area (TPSA) is 93.8 Å². The first-order valence-corrected chi connectivity index (χ1v) is 11.2. The van der Waals surface area contributed by atoms with Gasteiger partial charge in [0.2, 0.25) is 0 Å². The van der Waals surface area contributed by atoms with E-state index in [1.165, 1.54) is 18.3 Å². The van der Waals surface area contributed by atoms with E-state index in [2.05, 4.69) is 58.3 Å². The van der Waals surface area contributed by atoms with Gasteiger partial charge >= 0.3 is 0 Å². The molecule has 7 nitrogen and oxygen atoms in total. The SMILES string of the molecule is O=C(N/N=C/c1cc(Br)c(OCc2ccc([N+](=O)[O-])cc2)c(Br)c1)c1ccccc1Br. The lowest BCUT2D eigenvalue weighted by Crippen LogP contribution is -2.18. The van der Waals surface area contributed by atoms with Crippen LogP contribution >= 0.6 is 47.8 Å². The predicted molar refractivity (Wildman–Crippen MR) is 128 cm³/mol. The molecule has 0 fully saturated rings. The van der Waals surface area contributed by atoms with Crippen LogP contribution in [0.25, 0.3) is 0 Å². The van der Waals surface area contributed by atoms with Crippen LogP contribution in [-0.2, 0) is 6.61 Å². The minimum atomic E-state index is -0.445. The highest BCUT2D eigenvalue weighted by Crippen LogP contribution is 2.35.